The lowest BCUT2D eigenvalue weighted by molar-refractivity contribution is -0.241. The first-order valence-corrected chi connectivity index (χ1v) is 15.4. The summed E-state index contributed by atoms with van der Waals surface area (Å²) in [5.41, 5.74) is 2.90. The highest BCUT2D eigenvalue weighted by atomic mass is 14.7. The molecule has 0 bridgehead atoms. The molecule has 0 aromatic rings. The molecule has 0 amide bonds. The van der Waals surface area contributed by atoms with Gasteiger partial charge in [-0.2, -0.15) is 0 Å². The fourth-order valence-corrected chi connectivity index (χ4v) is 12.8. The van der Waals surface area contributed by atoms with Crippen molar-refractivity contribution < 1.29 is 0 Å². The van der Waals surface area contributed by atoms with Crippen molar-refractivity contribution in [3.63, 3.8) is 0 Å². The van der Waals surface area contributed by atoms with Crippen molar-refractivity contribution in [1.82, 2.24) is 0 Å². The molecule has 0 aliphatic heterocycles. The second-order valence-electron chi connectivity index (χ2n) is 15.9. The third-order valence-corrected chi connectivity index (χ3v) is 14.5. The van der Waals surface area contributed by atoms with Crippen LogP contribution in [-0.2, 0) is 0 Å². The topological polar surface area (TPSA) is 0 Å². The van der Waals surface area contributed by atoms with Crippen LogP contribution in [0.1, 0.15) is 145 Å². The minimum Gasteiger partial charge on any atom is -0.0654 e. The second-order valence-corrected chi connectivity index (χ2v) is 15.9. The van der Waals surface area contributed by atoms with E-state index in [0.717, 1.165) is 35.5 Å². The van der Waals surface area contributed by atoms with Gasteiger partial charge in [0.25, 0.3) is 0 Å². The Morgan fingerprint density at radius 3 is 1.97 bits per heavy atom. The maximum Gasteiger partial charge on any atom is -0.0235 e. The zero-order valence-electron chi connectivity index (χ0n) is 23.9. The van der Waals surface area contributed by atoms with Gasteiger partial charge in [-0.15, -0.1) is 0 Å². The van der Waals surface area contributed by atoms with E-state index in [0.29, 0.717) is 27.1 Å². The maximum absolute atomic E-state index is 2.83. The summed E-state index contributed by atoms with van der Waals surface area (Å²) < 4.78 is 0. The molecule has 5 aliphatic carbocycles. The molecule has 0 spiro atoms. The summed E-state index contributed by atoms with van der Waals surface area (Å²) in [6.07, 6.45) is 21.0. The van der Waals surface area contributed by atoms with Gasteiger partial charge < -0.3 is 0 Å². The highest BCUT2D eigenvalue weighted by Crippen LogP contribution is 2.78. The molecule has 190 valence electrons. The smallest absolute Gasteiger partial charge is 0.0235 e. The van der Waals surface area contributed by atoms with Crippen molar-refractivity contribution in [2.24, 2.45) is 62.6 Å². The quantitative estimate of drug-likeness (QED) is 0.396. The van der Waals surface area contributed by atoms with Crippen LogP contribution >= 0.6 is 0 Å². The van der Waals surface area contributed by atoms with Crippen LogP contribution in [0.2, 0.25) is 0 Å². The largest absolute Gasteiger partial charge is 0.0654 e. The summed E-state index contributed by atoms with van der Waals surface area (Å²) in [5, 5.41) is 0. The number of hydrogen-bond acceptors (Lipinski definition) is 0. The zero-order chi connectivity index (χ0) is 23.9. The molecule has 33 heavy (non-hydrogen) atoms. The van der Waals surface area contributed by atoms with Crippen molar-refractivity contribution >= 4 is 0 Å². The van der Waals surface area contributed by atoms with Gasteiger partial charge in [0, 0.05) is 0 Å². The van der Waals surface area contributed by atoms with Crippen LogP contribution in [-0.4, -0.2) is 0 Å². The summed E-state index contributed by atoms with van der Waals surface area (Å²) in [7, 11) is 0. The average Bonchev–Trinajstić information content (AvgIpc) is 3.09. The standard InChI is InChI=1S/C33H58/c1-9-10-12-23(2)24-15-20-30(5)25(24)16-21-32(7)27(30)13-14-28-31(6)19-11-18-29(3,4)26(31)17-22-33(28,32)8/h23-28H,9-22H2,1-8H3/t23-,24-,25-,26?,27?,28?,30+,31+,32-,33-/m1/s1. The van der Waals surface area contributed by atoms with Gasteiger partial charge in [0.05, 0.1) is 0 Å². The highest BCUT2D eigenvalue weighted by molar-refractivity contribution is 5.19. The summed E-state index contributed by atoms with van der Waals surface area (Å²) in [6.45, 7) is 21.5. The lowest BCUT2D eigenvalue weighted by atomic mass is 9.32. The van der Waals surface area contributed by atoms with Crippen molar-refractivity contribution in [3.05, 3.63) is 0 Å². The molecule has 5 rings (SSSR count). The number of hydrogen-bond donors (Lipinski definition) is 0. The first-order valence-electron chi connectivity index (χ1n) is 15.4. The lowest BCUT2D eigenvalue weighted by Crippen LogP contribution is -2.65. The molecular formula is C33H58. The first kappa shape index (κ1) is 24.7. The molecule has 0 heterocycles. The monoisotopic (exact) mass is 454 g/mol. The predicted molar refractivity (Wildman–Crippen MR) is 143 cm³/mol. The molecule has 5 fully saturated rings. The van der Waals surface area contributed by atoms with Gasteiger partial charge in [0.1, 0.15) is 0 Å². The summed E-state index contributed by atoms with van der Waals surface area (Å²) in [5.74, 6) is 5.88. The second kappa shape index (κ2) is 8.00. The van der Waals surface area contributed by atoms with Crippen LogP contribution in [0.5, 0.6) is 0 Å². The number of fused-ring (bicyclic) bond motifs is 7. The minimum atomic E-state index is 0.559. The Morgan fingerprint density at radius 2 is 1.30 bits per heavy atom. The normalized spacial score (nSPS) is 54.0. The van der Waals surface area contributed by atoms with Gasteiger partial charge in [0.15, 0.2) is 0 Å². The number of unbranched alkanes of at least 4 members (excludes halogenated alkanes) is 1. The van der Waals surface area contributed by atoms with Crippen LogP contribution < -0.4 is 0 Å². The van der Waals surface area contributed by atoms with Gasteiger partial charge >= 0.3 is 0 Å². The van der Waals surface area contributed by atoms with Crippen LogP contribution in [0.3, 0.4) is 0 Å². The molecule has 5 aliphatic rings. The Balaban J connectivity index is 1.45. The maximum atomic E-state index is 2.83. The Bertz CT molecular complexity index is 734. The van der Waals surface area contributed by atoms with E-state index in [1.54, 1.807) is 12.8 Å². The Hall–Kier alpha value is 0. The molecule has 0 aromatic heterocycles. The zero-order valence-corrected chi connectivity index (χ0v) is 23.9. The average molecular weight is 455 g/mol. The van der Waals surface area contributed by atoms with E-state index in [-0.39, 0.29) is 0 Å². The molecule has 5 saturated carbocycles. The molecule has 10 atom stereocenters. The Kier molecular flexibility index (Phi) is 5.98. The third-order valence-electron chi connectivity index (χ3n) is 14.5. The fraction of sp³-hybridized carbons (Fsp3) is 1.00. The van der Waals surface area contributed by atoms with Gasteiger partial charge in [-0.3, -0.25) is 0 Å². The van der Waals surface area contributed by atoms with Crippen LogP contribution in [0, 0.1) is 62.6 Å². The summed E-state index contributed by atoms with van der Waals surface area (Å²) in [4.78, 5) is 0. The third kappa shape index (κ3) is 3.26. The van der Waals surface area contributed by atoms with E-state index < -0.39 is 0 Å². The van der Waals surface area contributed by atoms with Crippen molar-refractivity contribution in [3.8, 4) is 0 Å². The van der Waals surface area contributed by atoms with Gasteiger partial charge in [-0.1, -0.05) is 81.1 Å². The van der Waals surface area contributed by atoms with E-state index in [1.807, 2.05) is 0 Å². The van der Waals surface area contributed by atoms with Gasteiger partial charge in [0.2, 0.25) is 0 Å². The highest BCUT2D eigenvalue weighted by Gasteiger charge is 2.70. The van der Waals surface area contributed by atoms with E-state index in [2.05, 4.69) is 55.4 Å². The van der Waals surface area contributed by atoms with Crippen molar-refractivity contribution in [2.75, 3.05) is 0 Å². The molecule has 0 N–H and O–H groups in total. The van der Waals surface area contributed by atoms with E-state index in [1.165, 1.54) is 77.0 Å². The molecule has 0 saturated heterocycles. The van der Waals surface area contributed by atoms with Crippen LogP contribution in [0.15, 0.2) is 0 Å². The molecule has 0 nitrogen and oxygen atoms in total. The van der Waals surface area contributed by atoms with Gasteiger partial charge in [-0.25, -0.2) is 0 Å². The molecule has 0 aromatic carbocycles. The van der Waals surface area contributed by atoms with Crippen molar-refractivity contribution in [2.45, 2.75) is 145 Å². The lowest BCUT2D eigenvalue weighted by Gasteiger charge is -2.73. The molecular weight excluding hydrogens is 396 g/mol. The summed E-state index contributed by atoms with van der Waals surface area (Å²) in [6, 6.07) is 0. The van der Waals surface area contributed by atoms with E-state index >= 15 is 0 Å². The Labute approximate surface area is 207 Å². The fourth-order valence-electron chi connectivity index (χ4n) is 12.8. The molecule has 3 unspecified atom stereocenters. The van der Waals surface area contributed by atoms with Gasteiger partial charge in [-0.05, 0) is 127 Å². The molecule has 0 heteroatoms. The first-order chi connectivity index (χ1) is 15.4. The summed E-state index contributed by atoms with van der Waals surface area (Å²) >= 11 is 0. The van der Waals surface area contributed by atoms with E-state index in [4.69, 9.17) is 0 Å². The predicted octanol–water partition coefficient (Wildman–Crippen LogP) is 10.3. The number of rotatable bonds is 4. The Morgan fingerprint density at radius 1 is 0.667 bits per heavy atom. The van der Waals surface area contributed by atoms with Crippen LogP contribution in [0.4, 0.5) is 0 Å². The van der Waals surface area contributed by atoms with Crippen LogP contribution in [0.25, 0.3) is 0 Å². The minimum absolute atomic E-state index is 0.559. The SMILES string of the molecule is CCCC[C@@H](C)[C@H]1CC[C@]2(C)C3CCC4[C@@]5(C)CCCC(C)(C)C5CC[C@@]4(C)[C@]3(C)CC[C@H]12. The van der Waals surface area contributed by atoms with Crippen molar-refractivity contribution in [1.29, 1.82) is 0 Å². The molecule has 0 radical (unpaired) electrons. The van der Waals surface area contributed by atoms with E-state index in [9.17, 15) is 0 Å².